The van der Waals surface area contributed by atoms with E-state index in [9.17, 15) is 0 Å². The molecule has 0 aliphatic rings. The Morgan fingerprint density at radius 1 is 1.38 bits per heavy atom. The van der Waals surface area contributed by atoms with Crippen LogP contribution in [0.2, 0.25) is 0 Å². The van der Waals surface area contributed by atoms with E-state index in [0.29, 0.717) is 0 Å². The number of hydrogen-bond donors (Lipinski definition) is 1. The lowest BCUT2D eigenvalue weighted by Crippen LogP contribution is -2.36. The van der Waals surface area contributed by atoms with Gasteiger partial charge in [-0.2, -0.15) is 5.10 Å². The molecule has 0 fully saturated rings. The number of aromatic nitrogens is 2. The zero-order valence-electron chi connectivity index (χ0n) is 10.2. The highest BCUT2D eigenvalue weighted by atomic mass is 35.5. The summed E-state index contributed by atoms with van der Waals surface area (Å²) in [7, 11) is 0. The summed E-state index contributed by atoms with van der Waals surface area (Å²) in [5, 5.41) is 7.63. The average molecular weight is 244 g/mol. The molecule has 0 saturated carbocycles. The van der Waals surface area contributed by atoms with Crippen LogP contribution in [0.25, 0.3) is 0 Å². The lowest BCUT2D eigenvalue weighted by Gasteiger charge is -2.29. The highest BCUT2D eigenvalue weighted by Gasteiger charge is 2.24. The Labute approximate surface area is 103 Å². The van der Waals surface area contributed by atoms with Gasteiger partial charge in [-0.05, 0) is 24.3 Å². The molecule has 3 nitrogen and oxygen atoms in total. The van der Waals surface area contributed by atoms with Gasteiger partial charge >= 0.3 is 0 Å². The number of halogens is 1. The van der Waals surface area contributed by atoms with E-state index in [0.717, 1.165) is 38.4 Å². The Hall–Kier alpha value is -0.540. The van der Waals surface area contributed by atoms with Crippen LogP contribution in [0.1, 0.15) is 26.7 Å². The lowest BCUT2D eigenvalue weighted by molar-refractivity contribution is 0.284. The minimum atomic E-state index is 0.256. The SMILES string of the molecule is CCC(CC)(CCl)CNCCn1cccn1. The predicted molar refractivity (Wildman–Crippen MR) is 68.8 cm³/mol. The van der Waals surface area contributed by atoms with Crippen LogP contribution in [0, 0.1) is 5.41 Å². The zero-order valence-corrected chi connectivity index (χ0v) is 11.0. The minimum absolute atomic E-state index is 0.256. The van der Waals surface area contributed by atoms with E-state index >= 15 is 0 Å². The van der Waals surface area contributed by atoms with Gasteiger partial charge in [0.2, 0.25) is 0 Å². The zero-order chi connectivity index (χ0) is 11.9. The number of rotatable bonds is 8. The van der Waals surface area contributed by atoms with Crippen LogP contribution >= 0.6 is 11.6 Å². The third kappa shape index (κ3) is 3.80. The molecule has 1 N–H and O–H groups in total. The third-order valence-corrected chi connectivity index (χ3v) is 3.93. The summed E-state index contributed by atoms with van der Waals surface area (Å²) in [6, 6.07) is 1.95. The molecule has 0 amide bonds. The molecule has 0 atom stereocenters. The molecule has 1 aromatic heterocycles. The number of nitrogens with zero attached hydrogens (tertiary/aromatic N) is 2. The van der Waals surface area contributed by atoms with Crippen molar-refractivity contribution in [1.82, 2.24) is 15.1 Å². The highest BCUT2D eigenvalue weighted by Crippen LogP contribution is 2.26. The Morgan fingerprint density at radius 2 is 2.12 bits per heavy atom. The van der Waals surface area contributed by atoms with Crippen LogP contribution in [0.5, 0.6) is 0 Å². The molecule has 92 valence electrons. The summed E-state index contributed by atoms with van der Waals surface area (Å²) in [6.45, 7) is 7.27. The summed E-state index contributed by atoms with van der Waals surface area (Å²) < 4.78 is 1.94. The molecule has 0 aliphatic heterocycles. The molecule has 16 heavy (non-hydrogen) atoms. The lowest BCUT2D eigenvalue weighted by atomic mass is 9.84. The molecule has 0 radical (unpaired) electrons. The largest absolute Gasteiger partial charge is 0.314 e. The van der Waals surface area contributed by atoms with Crippen molar-refractivity contribution in [3.05, 3.63) is 18.5 Å². The average Bonchev–Trinajstić information content (AvgIpc) is 2.83. The molecule has 0 spiro atoms. The standard InChI is InChI=1S/C12H22ClN3/c1-3-12(4-2,10-13)11-14-7-9-16-8-5-6-15-16/h5-6,8,14H,3-4,7,9-11H2,1-2H3. The second-order valence-corrected chi connectivity index (χ2v) is 4.55. The molecule has 0 aromatic carbocycles. The normalized spacial score (nSPS) is 11.9. The topological polar surface area (TPSA) is 29.9 Å². The van der Waals surface area contributed by atoms with Crippen LogP contribution < -0.4 is 5.32 Å². The molecule has 1 aromatic rings. The molecule has 1 heterocycles. The van der Waals surface area contributed by atoms with Crippen LogP contribution in [-0.4, -0.2) is 28.8 Å². The highest BCUT2D eigenvalue weighted by molar-refractivity contribution is 6.18. The van der Waals surface area contributed by atoms with Gasteiger partial charge in [-0.3, -0.25) is 4.68 Å². The van der Waals surface area contributed by atoms with E-state index in [1.807, 2.05) is 16.9 Å². The first-order valence-corrected chi connectivity index (χ1v) is 6.54. The fourth-order valence-electron chi connectivity index (χ4n) is 1.72. The van der Waals surface area contributed by atoms with Gasteiger partial charge in [0.25, 0.3) is 0 Å². The predicted octanol–water partition coefficient (Wildman–Crippen LogP) is 2.52. The van der Waals surface area contributed by atoms with Crippen molar-refractivity contribution >= 4 is 11.6 Å². The second kappa shape index (κ2) is 6.92. The smallest absolute Gasteiger partial charge is 0.0533 e. The maximum Gasteiger partial charge on any atom is 0.0533 e. The molecule has 0 unspecified atom stereocenters. The van der Waals surface area contributed by atoms with Gasteiger partial charge in [0.1, 0.15) is 0 Å². The second-order valence-electron chi connectivity index (χ2n) is 4.29. The monoisotopic (exact) mass is 243 g/mol. The van der Waals surface area contributed by atoms with Crippen molar-refractivity contribution < 1.29 is 0 Å². The Kier molecular flexibility index (Phi) is 5.85. The van der Waals surface area contributed by atoms with Crippen molar-refractivity contribution in [2.24, 2.45) is 5.41 Å². The van der Waals surface area contributed by atoms with Crippen molar-refractivity contribution in [2.45, 2.75) is 33.2 Å². The van der Waals surface area contributed by atoms with Gasteiger partial charge in [0.05, 0.1) is 6.54 Å². The molecule has 0 saturated heterocycles. The summed E-state index contributed by atoms with van der Waals surface area (Å²) in [5.74, 6) is 0.731. The maximum absolute atomic E-state index is 6.05. The Bertz CT molecular complexity index is 260. The summed E-state index contributed by atoms with van der Waals surface area (Å²) in [5.41, 5.74) is 0.256. The molecular weight excluding hydrogens is 222 g/mol. The first-order chi connectivity index (χ1) is 7.76. The van der Waals surface area contributed by atoms with Crippen molar-refractivity contribution in [3.8, 4) is 0 Å². The van der Waals surface area contributed by atoms with Gasteiger partial charge in [0.15, 0.2) is 0 Å². The van der Waals surface area contributed by atoms with Crippen LogP contribution in [-0.2, 0) is 6.54 Å². The maximum atomic E-state index is 6.05. The fraction of sp³-hybridized carbons (Fsp3) is 0.750. The fourth-order valence-corrected chi connectivity index (χ4v) is 2.19. The Morgan fingerprint density at radius 3 is 2.62 bits per heavy atom. The van der Waals surface area contributed by atoms with E-state index in [-0.39, 0.29) is 5.41 Å². The van der Waals surface area contributed by atoms with Crippen LogP contribution in [0.4, 0.5) is 0 Å². The Balaban J connectivity index is 2.23. The van der Waals surface area contributed by atoms with Gasteiger partial charge in [0, 0.05) is 31.4 Å². The van der Waals surface area contributed by atoms with Gasteiger partial charge in [-0.25, -0.2) is 0 Å². The molecule has 1 rings (SSSR count). The van der Waals surface area contributed by atoms with Crippen molar-refractivity contribution in [2.75, 3.05) is 19.0 Å². The van der Waals surface area contributed by atoms with Gasteiger partial charge < -0.3 is 5.32 Å². The van der Waals surface area contributed by atoms with E-state index in [1.165, 1.54) is 0 Å². The van der Waals surface area contributed by atoms with E-state index in [2.05, 4.69) is 24.3 Å². The number of alkyl halides is 1. The van der Waals surface area contributed by atoms with Crippen molar-refractivity contribution in [1.29, 1.82) is 0 Å². The first-order valence-electron chi connectivity index (χ1n) is 6.00. The first kappa shape index (κ1) is 13.5. The van der Waals surface area contributed by atoms with E-state index in [4.69, 9.17) is 11.6 Å². The van der Waals surface area contributed by atoms with Gasteiger partial charge in [-0.1, -0.05) is 13.8 Å². The molecule has 0 bridgehead atoms. The summed E-state index contributed by atoms with van der Waals surface area (Å²) >= 11 is 6.05. The van der Waals surface area contributed by atoms with Crippen LogP contribution in [0.15, 0.2) is 18.5 Å². The molecule has 4 heteroatoms. The molecular formula is C12H22ClN3. The van der Waals surface area contributed by atoms with Crippen molar-refractivity contribution in [3.63, 3.8) is 0 Å². The molecule has 0 aliphatic carbocycles. The number of hydrogen-bond acceptors (Lipinski definition) is 2. The van der Waals surface area contributed by atoms with Crippen LogP contribution in [0.3, 0.4) is 0 Å². The summed E-state index contributed by atoms with van der Waals surface area (Å²) in [6.07, 6.45) is 6.04. The van der Waals surface area contributed by atoms with E-state index in [1.54, 1.807) is 6.20 Å². The van der Waals surface area contributed by atoms with E-state index < -0.39 is 0 Å². The minimum Gasteiger partial charge on any atom is -0.314 e. The summed E-state index contributed by atoms with van der Waals surface area (Å²) in [4.78, 5) is 0. The third-order valence-electron chi connectivity index (χ3n) is 3.36. The quantitative estimate of drug-likeness (QED) is 0.562. The number of nitrogens with one attached hydrogen (secondary N) is 1. The van der Waals surface area contributed by atoms with Gasteiger partial charge in [-0.15, -0.1) is 11.6 Å².